The summed E-state index contributed by atoms with van der Waals surface area (Å²) < 4.78 is 42.6. The fourth-order valence-corrected chi connectivity index (χ4v) is 1.16. The van der Waals surface area contributed by atoms with Gasteiger partial charge in [-0.25, -0.2) is 0 Å². The van der Waals surface area contributed by atoms with Crippen molar-refractivity contribution in [1.29, 1.82) is 0 Å². The Bertz CT molecular complexity index is 406. The second-order valence-corrected chi connectivity index (χ2v) is 3.15. The number of ether oxygens (including phenoxy) is 1. The monoisotopic (exact) mass is 375 g/mol. The van der Waals surface area contributed by atoms with Gasteiger partial charge in [-0.3, -0.25) is 4.99 Å². The molecule has 18 heavy (non-hydrogen) atoms. The lowest BCUT2D eigenvalue weighted by Crippen LogP contribution is -2.23. The molecule has 1 aromatic carbocycles. The van der Waals surface area contributed by atoms with Crippen molar-refractivity contribution in [2.24, 2.45) is 16.5 Å². The number of hydrogen-bond donors (Lipinski definition) is 2. The summed E-state index contributed by atoms with van der Waals surface area (Å²) in [6.45, 7) is 0.0829. The molecule has 0 saturated heterocycles. The highest BCUT2D eigenvalue weighted by molar-refractivity contribution is 14.0. The summed E-state index contributed by atoms with van der Waals surface area (Å²) in [5, 5.41) is 0. The largest absolute Gasteiger partial charge is 0.491 e. The molecular weight excluding hydrogens is 362 g/mol. The zero-order valence-corrected chi connectivity index (χ0v) is 11.6. The van der Waals surface area contributed by atoms with Crippen LogP contribution in [0.25, 0.3) is 0 Å². The quantitative estimate of drug-likeness (QED) is 0.366. The first-order valence-electron chi connectivity index (χ1n) is 4.75. The standard InChI is InChI=1S/C10H12F3N3O.HI/c11-10(12,13)7-3-1-2-4-8(7)17-6-5-16-9(14)15;/h1-4H,5-6H2,(H4,14,15,16);1H. The van der Waals surface area contributed by atoms with E-state index in [1.807, 2.05) is 0 Å². The van der Waals surface area contributed by atoms with Crippen molar-refractivity contribution in [3.63, 3.8) is 0 Å². The van der Waals surface area contributed by atoms with Gasteiger partial charge in [-0.1, -0.05) is 12.1 Å². The van der Waals surface area contributed by atoms with Gasteiger partial charge in [-0.05, 0) is 12.1 Å². The molecule has 0 saturated carbocycles. The third-order valence-corrected chi connectivity index (χ3v) is 1.84. The number of halogens is 4. The van der Waals surface area contributed by atoms with Crippen LogP contribution in [-0.2, 0) is 6.18 Å². The molecule has 0 radical (unpaired) electrons. The van der Waals surface area contributed by atoms with E-state index in [0.717, 1.165) is 6.07 Å². The summed E-state index contributed by atoms with van der Waals surface area (Å²) in [4.78, 5) is 3.60. The first-order chi connectivity index (χ1) is 7.91. The molecule has 0 bridgehead atoms. The smallest absolute Gasteiger partial charge is 0.419 e. The van der Waals surface area contributed by atoms with E-state index in [4.69, 9.17) is 16.2 Å². The minimum absolute atomic E-state index is 0. The number of nitrogens with zero attached hydrogens (tertiary/aromatic N) is 1. The van der Waals surface area contributed by atoms with Gasteiger partial charge in [-0.15, -0.1) is 24.0 Å². The average Bonchev–Trinajstić information content (AvgIpc) is 2.23. The Morgan fingerprint density at radius 1 is 1.22 bits per heavy atom. The highest BCUT2D eigenvalue weighted by atomic mass is 127. The number of nitrogens with two attached hydrogens (primary N) is 2. The first kappa shape index (κ1) is 16.8. The maximum absolute atomic E-state index is 12.5. The molecule has 0 aromatic heterocycles. The van der Waals surface area contributed by atoms with E-state index < -0.39 is 11.7 Å². The van der Waals surface area contributed by atoms with Gasteiger partial charge in [0.15, 0.2) is 5.96 Å². The fourth-order valence-electron chi connectivity index (χ4n) is 1.16. The zero-order valence-electron chi connectivity index (χ0n) is 9.28. The molecule has 0 fully saturated rings. The third-order valence-electron chi connectivity index (χ3n) is 1.84. The van der Waals surface area contributed by atoms with Crippen LogP contribution < -0.4 is 16.2 Å². The number of para-hydroxylation sites is 1. The molecule has 0 aliphatic carbocycles. The molecule has 0 aliphatic rings. The Labute approximate surface area is 119 Å². The van der Waals surface area contributed by atoms with Crippen LogP contribution in [0, 0.1) is 0 Å². The second-order valence-electron chi connectivity index (χ2n) is 3.15. The molecule has 0 heterocycles. The number of hydrogen-bond acceptors (Lipinski definition) is 2. The van der Waals surface area contributed by atoms with E-state index in [-0.39, 0.29) is 48.8 Å². The minimum atomic E-state index is -4.44. The summed E-state index contributed by atoms with van der Waals surface area (Å²) in [6.07, 6.45) is -4.44. The zero-order chi connectivity index (χ0) is 12.9. The molecule has 0 aliphatic heterocycles. The van der Waals surface area contributed by atoms with Crippen molar-refractivity contribution in [1.82, 2.24) is 0 Å². The highest BCUT2D eigenvalue weighted by Crippen LogP contribution is 2.35. The summed E-state index contributed by atoms with van der Waals surface area (Å²) >= 11 is 0. The van der Waals surface area contributed by atoms with E-state index in [9.17, 15) is 13.2 Å². The lowest BCUT2D eigenvalue weighted by molar-refractivity contribution is -0.138. The summed E-state index contributed by atoms with van der Waals surface area (Å²) in [5.74, 6) is -0.358. The maximum Gasteiger partial charge on any atom is 0.419 e. The Morgan fingerprint density at radius 3 is 2.39 bits per heavy atom. The van der Waals surface area contributed by atoms with Gasteiger partial charge >= 0.3 is 6.18 Å². The predicted molar refractivity (Wildman–Crippen MR) is 73.0 cm³/mol. The van der Waals surface area contributed by atoms with Crippen molar-refractivity contribution >= 4 is 29.9 Å². The maximum atomic E-state index is 12.5. The van der Waals surface area contributed by atoms with Gasteiger partial charge < -0.3 is 16.2 Å². The molecule has 102 valence electrons. The Morgan fingerprint density at radius 2 is 1.83 bits per heavy atom. The lowest BCUT2D eigenvalue weighted by atomic mass is 10.2. The molecule has 4 nitrogen and oxygen atoms in total. The van der Waals surface area contributed by atoms with Gasteiger partial charge in [0, 0.05) is 0 Å². The van der Waals surface area contributed by atoms with Crippen molar-refractivity contribution < 1.29 is 17.9 Å². The molecule has 1 aromatic rings. The van der Waals surface area contributed by atoms with Crippen LogP contribution in [0.4, 0.5) is 13.2 Å². The van der Waals surface area contributed by atoms with Crippen LogP contribution in [0.2, 0.25) is 0 Å². The van der Waals surface area contributed by atoms with E-state index in [2.05, 4.69) is 4.99 Å². The summed E-state index contributed by atoms with van der Waals surface area (Å²) in [6, 6.07) is 4.96. The molecule has 0 unspecified atom stereocenters. The van der Waals surface area contributed by atoms with Crippen LogP contribution >= 0.6 is 24.0 Å². The van der Waals surface area contributed by atoms with E-state index in [0.29, 0.717) is 0 Å². The molecule has 4 N–H and O–H groups in total. The van der Waals surface area contributed by atoms with Crippen LogP contribution in [0.15, 0.2) is 29.3 Å². The average molecular weight is 375 g/mol. The fraction of sp³-hybridized carbons (Fsp3) is 0.300. The summed E-state index contributed by atoms with van der Waals surface area (Å²) in [7, 11) is 0. The van der Waals surface area contributed by atoms with Crippen molar-refractivity contribution in [3.8, 4) is 5.75 Å². The number of alkyl halides is 3. The van der Waals surface area contributed by atoms with Crippen LogP contribution in [-0.4, -0.2) is 19.1 Å². The topological polar surface area (TPSA) is 73.6 Å². The molecular formula is C10H13F3IN3O. The number of rotatable bonds is 4. The van der Waals surface area contributed by atoms with Gasteiger partial charge in [0.1, 0.15) is 12.4 Å². The molecule has 8 heteroatoms. The molecule has 1 rings (SSSR count). The van der Waals surface area contributed by atoms with Crippen LogP contribution in [0.1, 0.15) is 5.56 Å². The third kappa shape index (κ3) is 5.43. The van der Waals surface area contributed by atoms with E-state index in [1.165, 1.54) is 18.2 Å². The molecule has 0 spiro atoms. The second kappa shape index (κ2) is 7.29. The number of benzene rings is 1. The Kier molecular flexibility index (Phi) is 6.81. The first-order valence-corrected chi connectivity index (χ1v) is 4.75. The van der Waals surface area contributed by atoms with E-state index >= 15 is 0 Å². The van der Waals surface area contributed by atoms with E-state index in [1.54, 1.807) is 0 Å². The Hall–Kier alpha value is -1.19. The predicted octanol–water partition coefficient (Wildman–Crippen LogP) is 1.98. The van der Waals surface area contributed by atoms with Crippen molar-refractivity contribution in [2.45, 2.75) is 6.18 Å². The van der Waals surface area contributed by atoms with Crippen molar-refractivity contribution in [3.05, 3.63) is 29.8 Å². The Balaban J connectivity index is 0.00000289. The highest BCUT2D eigenvalue weighted by Gasteiger charge is 2.33. The van der Waals surface area contributed by atoms with Crippen molar-refractivity contribution in [2.75, 3.05) is 13.2 Å². The minimum Gasteiger partial charge on any atom is -0.491 e. The number of guanidine groups is 1. The van der Waals surface area contributed by atoms with Crippen LogP contribution in [0.5, 0.6) is 5.75 Å². The summed E-state index contributed by atoms with van der Waals surface area (Å²) in [5.41, 5.74) is 9.31. The van der Waals surface area contributed by atoms with Gasteiger partial charge in [0.25, 0.3) is 0 Å². The van der Waals surface area contributed by atoms with Gasteiger partial charge in [0.2, 0.25) is 0 Å². The lowest BCUT2D eigenvalue weighted by Gasteiger charge is -2.12. The normalized spacial score (nSPS) is 10.4. The van der Waals surface area contributed by atoms with Gasteiger partial charge in [-0.2, -0.15) is 13.2 Å². The van der Waals surface area contributed by atoms with Gasteiger partial charge in [0.05, 0.1) is 12.1 Å². The SMILES string of the molecule is I.NC(N)=NCCOc1ccccc1C(F)(F)F. The molecule has 0 atom stereocenters. The molecule has 0 amide bonds. The number of aliphatic imine (C=N–C) groups is 1. The van der Waals surface area contributed by atoms with Crippen LogP contribution in [0.3, 0.4) is 0 Å².